The summed E-state index contributed by atoms with van der Waals surface area (Å²) in [6.07, 6.45) is 0. The fraction of sp³-hybridized carbons (Fsp3) is 0.250. The third kappa shape index (κ3) is 3.60. The average Bonchev–Trinajstić information content (AvgIpc) is 3.12. The fourth-order valence-corrected chi connectivity index (χ4v) is 2.13. The molecule has 0 saturated carbocycles. The number of amides is 1. The minimum Gasteiger partial charge on any atom is -0.484 e. The molecule has 0 unspecified atom stereocenters. The smallest absolute Gasteiger partial charge is 0.322 e. The zero-order chi connectivity index (χ0) is 17.1. The fourth-order valence-electron chi connectivity index (χ4n) is 2.13. The second-order valence-electron chi connectivity index (χ2n) is 5.36. The Morgan fingerprint density at radius 3 is 2.67 bits per heavy atom. The highest BCUT2D eigenvalue weighted by Crippen LogP contribution is 2.20. The van der Waals surface area contributed by atoms with Gasteiger partial charge in [-0.1, -0.05) is 22.8 Å². The number of benzene rings is 1. The van der Waals surface area contributed by atoms with E-state index in [2.05, 4.69) is 20.6 Å². The molecule has 0 radical (unpaired) electrons. The number of ether oxygens (including phenoxy) is 1. The Hall–Kier alpha value is -3.16. The number of nitrogens with one attached hydrogen (secondary N) is 1. The molecule has 1 amide bonds. The van der Waals surface area contributed by atoms with E-state index in [-0.39, 0.29) is 24.4 Å². The Morgan fingerprint density at radius 1 is 1.25 bits per heavy atom. The van der Waals surface area contributed by atoms with Gasteiger partial charge in [-0.05, 0) is 32.0 Å². The summed E-state index contributed by atoms with van der Waals surface area (Å²) < 4.78 is 12.5. The van der Waals surface area contributed by atoms with Crippen LogP contribution in [0.4, 0.5) is 6.01 Å². The van der Waals surface area contributed by atoms with Gasteiger partial charge in [-0.25, -0.2) is 0 Å². The molecular weight excluding hydrogens is 310 g/mol. The van der Waals surface area contributed by atoms with Crippen molar-refractivity contribution in [1.82, 2.24) is 20.0 Å². The van der Waals surface area contributed by atoms with Crippen LogP contribution in [0.1, 0.15) is 11.3 Å². The van der Waals surface area contributed by atoms with Crippen molar-refractivity contribution in [2.75, 3.05) is 11.9 Å². The molecule has 124 valence electrons. The van der Waals surface area contributed by atoms with Crippen LogP contribution in [0.15, 0.2) is 34.7 Å². The summed E-state index contributed by atoms with van der Waals surface area (Å²) in [6.45, 7) is 3.70. The first-order valence-corrected chi connectivity index (χ1v) is 7.35. The normalized spacial score (nSPS) is 10.6. The summed E-state index contributed by atoms with van der Waals surface area (Å²) in [7, 11) is 1.78. The summed E-state index contributed by atoms with van der Waals surface area (Å²) in [6, 6.07) is 9.26. The van der Waals surface area contributed by atoms with E-state index in [1.54, 1.807) is 23.9 Å². The molecule has 2 aromatic heterocycles. The van der Waals surface area contributed by atoms with Crippen molar-refractivity contribution in [3.63, 3.8) is 0 Å². The van der Waals surface area contributed by atoms with Gasteiger partial charge in [-0.15, -0.1) is 5.10 Å². The lowest BCUT2D eigenvalue weighted by Crippen LogP contribution is -2.20. The lowest BCUT2D eigenvalue weighted by Gasteiger charge is -2.05. The molecule has 1 aromatic carbocycles. The Balaban J connectivity index is 1.59. The van der Waals surface area contributed by atoms with Crippen LogP contribution < -0.4 is 10.1 Å². The monoisotopic (exact) mass is 327 g/mol. The number of aromatic nitrogens is 4. The summed E-state index contributed by atoms with van der Waals surface area (Å²) >= 11 is 0. The molecule has 0 aliphatic heterocycles. The maximum Gasteiger partial charge on any atom is 0.322 e. The van der Waals surface area contributed by atoms with Crippen LogP contribution in [0.5, 0.6) is 5.75 Å². The lowest BCUT2D eigenvalue weighted by atomic mass is 10.2. The summed E-state index contributed by atoms with van der Waals surface area (Å²) in [4.78, 5) is 11.9. The number of aryl methyl sites for hydroxylation is 3. The number of carbonyl (C=O) groups excluding carboxylic acids is 1. The van der Waals surface area contributed by atoms with Crippen molar-refractivity contribution in [2.45, 2.75) is 13.8 Å². The average molecular weight is 327 g/mol. The van der Waals surface area contributed by atoms with Crippen molar-refractivity contribution < 1.29 is 13.9 Å². The van der Waals surface area contributed by atoms with Gasteiger partial charge in [-0.2, -0.15) is 5.10 Å². The maximum absolute atomic E-state index is 11.9. The molecular formula is C16H17N5O3. The molecule has 24 heavy (non-hydrogen) atoms. The van der Waals surface area contributed by atoms with Crippen molar-refractivity contribution in [3.05, 3.63) is 41.6 Å². The van der Waals surface area contributed by atoms with Gasteiger partial charge >= 0.3 is 6.01 Å². The van der Waals surface area contributed by atoms with Gasteiger partial charge in [0.1, 0.15) is 11.4 Å². The van der Waals surface area contributed by atoms with Crippen LogP contribution in [0.25, 0.3) is 11.6 Å². The first-order chi connectivity index (χ1) is 11.5. The second kappa shape index (κ2) is 6.53. The van der Waals surface area contributed by atoms with Gasteiger partial charge in [0.2, 0.25) is 0 Å². The molecule has 0 atom stereocenters. The summed E-state index contributed by atoms with van der Waals surface area (Å²) in [5.74, 6) is 0.521. The third-order valence-electron chi connectivity index (χ3n) is 3.28. The van der Waals surface area contributed by atoms with Crippen LogP contribution in [0, 0.1) is 13.8 Å². The highest BCUT2D eigenvalue weighted by atomic mass is 16.5. The highest BCUT2D eigenvalue weighted by molar-refractivity contribution is 5.89. The zero-order valence-electron chi connectivity index (χ0n) is 13.6. The molecule has 8 heteroatoms. The molecule has 3 aromatic rings. The molecule has 8 nitrogen and oxygen atoms in total. The van der Waals surface area contributed by atoms with Gasteiger partial charge in [-0.3, -0.25) is 14.8 Å². The van der Waals surface area contributed by atoms with Gasteiger partial charge < -0.3 is 9.15 Å². The number of hydrogen-bond acceptors (Lipinski definition) is 6. The van der Waals surface area contributed by atoms with Crippen LogP contribution in [-0.4, -0.2) is 32.5 Å². The van der Waals surface area contributed by atoms with Crippen molar-refractivity contribution in [2.24, 2.45) is 7.05 Å². The van der Waals surface area contributed by atoms with Crippen LogP contribution in [-0.2, 0) is 11.8 Å². The SMILES string of the molecule is Cc1ccc(OCC(=O)Nc2nnc(-c3cc(C)nn3C)o2)cc1. The minimum absolute atomic E-state index is 0.0151. The van der Waals surface area contributed by atoms with Gasteiger partial charge in [0.05, 0.1) is 5.69 Å². The largest absolute Gasteiger partial charge is 0.484 e. The lowest BCUT2D eigenvalue weighted by molar-refractivity contribution is -0.118. The van der Waals surface area contributed by atoms with E-state index in [4.69, 9.17) is 9.15 Å². The number of rotatable bonds is 5. The summed E-state index contributed by atoms with van der Waals surface area (Å²) in [5.41, 5.74) is 2.63. The first-order valence-electron chi connectivity index (χ1n) is 7.35. The molecule has 0 bridgehead atoms. The summed E-state index contributed by atoms with van der Waals surface area (Å²) in [5, 5.41) is 14.4. The molecule has 3 rings (SSSR count). The van der Waals surface area contributed by atoms with Gasteiger partial charge in [0.25, 0.3) is 11.8 Å². The van der Waals surface area contributed by atoms with Gasteiger partial charge in [0.15, 0.2) is 6.61 Å². The Morgan fingerprint density at radius 2 is 2.00 bits per heavy atom. The standard InChI is InChI=1S/C16H17N5O3/c1-10-4-6-12(7-5-10)23-9-14(22)17-16-19-18-15(24-16)13-8-11(2)20-21(13)3/h4-8H,9H2,1-3H3,(H,17,19,22). The van der Waals surface area contributed by atoms with Gasteiger partial charge in [0, 0.05) is 7.05 Å². The molecule has 0 aliphatic rings. The van der Waals surface area contributed by atoms with Crippen molar-refractivity contribution >= 4 is 11.9 Å². The number of carbonyl (C=O) groups is 1. The van der Waals surface area contributed by atoms with E-state index in [1.807, 2.05) is 32.0 Å². The molecule has 1 N–H and O–H groups in total. The predicted molar refractivity (Wildman–Crippen MR) is 86.5 cm³/mol. The minimum atomic E-state index is -0.382. The van der Waals surface area contributed by atoms with E-state index < -0.39 is 0 Å². The van der Waals surface area contributed by atoms with Crippen LogP contribution in [0.3, 0.4) is 0 Å². The quantitative estimate of drug-likeness (QED) is 0.771. The maximum atomic E-state index is 11.9. The van der Waals surface area contributed by atoms with Crippen LogP contribution in [0.2, 0.25) is 0 Å². The van der Waals surface area contributed by atoms with Crippen LogP contribution >= 0.6 is 0 Å². The van der Waals surface area contributed by atoms with Crippen molar-refractivity contribution in [3.8, 4) is 17.3 Å². The molecule has 2 heterocycles. The Labute approximate surface area is 138 Å². The molecule has 0 saturated heterocycles. The number of nitrogens with zero attached hydrogens (tertiary/aromatic N) is 4. The van der Waals surface area contributed by atoms with E-state index in [9.17, 15) is 4.79 Å². The molecule has 0 aliphatic carbocycles. The highest BCUT2D eigenvalue weighted by Gasteiger charge is 2.15. The Bertz CT molecular complexity index is 851. The van der Waals surface area contributed by atoms with E-state index in [0.717, 1.165) is 11.3 Å². The third-order valence-corrected chi connectivity index (χ3v) is 3.28. The first kappa shape index (κ1) is 15.7. The Kier molecular flexibility index (Phi) is 4.28. The van der Waals surface area contributed by atoms with E-state index in [0.29, 0.717) is 11.4 Å². The zero-order valence-corrected chi connectivity index (χ0v) is 13.6. The molecule has 0 fully saturated rings. The topological polar surface area (TPSA) is 95.1 Å². The number of hydrogen-bond donors (Lipinski definition) is 1. The number of anilines is 1. The van der Waals surface area contributed by atoms with Crippen molar-refractivity contribution in [1.29, 1.82) is 0 Å². The van der Waals surface area contributed by atoms with E-state index in [1.165, 1.54) is 0 Å². The predicted octanol–water partition coefficient (Wildman–Crippen LogP) is 2.10. The van der Waals surface area contributed by atoms with E-state index >= 15 is 0 Å². The second-order valence-corrected chi connectivity index (χ2v) is 5.36. The molecule has 0 spiro atoms.